The third-order valence-corrected chi connectivity index (χ3v) is 3.41. The van der Waals surface area contributed by atoms with E-state index in [1.165, 1.54) is 12.1 Å². The van der Waals surface area contributed by atoms with E-state index in [0.717, 1.165) is 16.7 Å². The second kappa shape index (κ2) is 4.26. The molecule has 0 saturated carbocycles. The van der Waals surface area contributed by atoms with Crippen LogP contribution in [0.2, 0.25) is 0 Å². The van der Waals surface area contributed by atoms with Gasteiger partial charge in [0, 0.05) is 5.56 Å². The third kappa shape index (κ3) is 1.78. The van der Waals surface area contributed by atoms with Crippen LogP contribution in [0.3, 0.4) is 0 Å². The lowest BCUT2D eigenvalue weighted by atomic mass is 9.94. The Bertz CT molecular complexity index is 595. The van der Waals surface area contributed by atoms with Crippen LogP contribution >= 0.6 is 0 Å². The van der Waals surface area contributed by atoms with E-state index in [0.29, 0.717) is 5.56 Å². The maximum Gasteiger partial charge on any atom is 0.127 e. The molecule has 0 fully saturated rings. The molecular weight excluding hydrogens is 228 g/mol. The Morgan fingerprint density at radius 2 is 1.39 bits per heavy atom. The lowest BCUT2D eigenvalue weighted by molar-refractivity contribution is 0.449. The zero-order valence-corrected chi connectivity index (χ0v) is 10.7. The van der Waals surface area contributed by atoms with Gasteiger partial charge in [-0.1, -0.05) is 6.07 Å². The molecule has 3 heteroatoms. The van der Waals surface area contributed by atoms with Gasteiger partial charge in [0.25, 0.3) is 0 Å². The first-order valence-corrected chi connectivity index (χ1v) is 5.74. The second-order valence-corrected chi connectivity index (χ2v) is 4.51. The molecule has 0 heterocycles. The van der Waals surface area contributed by atoms with Crippen molar-refractivity contribution in [1.82, 2.24) is 0 Å². The van der Waals surface area contributed by atoms with E-state index in [9.17, 15) is 15.3 Å². The molecule has 0 aromatic heterocycles. The predicted molar refractivity (Wildman–Crippen MR) is 71.1 cm³/mol. The van der Waals surface area contributed by atoms with E-state index in [1.807, 2.05) is 20.8 Å². The first-order valence-electron chi connectivity index (χ1n) is 5.74. The van der Waals surface area contributed by atoms with Crippen molar-refractivity contribution in [2.75, 3.05) is 0 Å². The summed E-state index contributed by atoms with van der Waals surface area (Å²) >= 11 is 0. The van der Waals surface area contributed by atoms with Gasteiger partial charge >= 0.3 is 0 Å². The van der Waals surface area contributed by atoms with E-state index >= 15 is 0 Å². The fourth-order valence-electron chi connectivity index (χ4n) is 2.06. The summed E-state index contributed by atoms with van der Waals surface area (Å²) in [4.78, 5) is 0. The van der Waals surface area contributed by atoms with Crippen LogP contribution in [0.1, 0.15) is 16.7 Å². The Balaban J connectivity index is 2.80. The van der Waals surface area contributed by atoms with Gasteiger partial charge in [0.1, 0.15) is 17.2 Å². The molecule has 18 heavy (non-hydrogen) atoms. The maximum atomic E-state index is 10.2. The molecule has 0 bridgehead atoms. The van der Waals surface area contributed by atoms with Crippen LogP contribution in [-0.2, 0) is 0 Å². The van der Waals surface area contributed by atoms with Crippen LogP contribution in [0.15, 0.2) is 24.3 Å². The molecule has 2 rings (SSSR count). The normalized spacial score (nSPS) is 10.6. The molecule has 0 radical (unpaired) electrons. The highest BCUT2D eigenvalue weighted by molar-refractivity contribution is 5.82. The number of phenols is 3. The molecule has 0 aliphatic carbocycles. The number of aromatic hydroxyl groups is 3. The van der Waals surface area contributed by atoms with E-state index in [4.69, 9.17) is 0 Å². The molecule has 0 aliphatic heterocycles. The van der Waals surface area contributed by atoms with Crippen LogP contribution in [0.4, 0.5) is 0 Å². The molecule has 2 aromatic carbocycles. The third-order valence-electron chi connectivity index (χ3n) is 3.41. The van der Waals surface area contributed by atoms with Gasteiger partial charge in [-0.15, -0.1) is 0 Å². The summed E-state index contributed by atoms with van der Waals surface area (Å²) in [7, 11) is 0. The highest BCUT2D eigenvalue weighted by Crippen LogP contribution is 2.43. The second-order valence-electron chi connectivity index (χ2n) is 4.51. The largest absolute Gasteiger partial charge is 0.507 e. The zero-order valence-electron chi connectivity index (χ0n) is 10.7. The highest BCUT2D eigenvalue weighted by Gasteiger charge is 2.17. The first-order chi connectivity index (χ1) is 8.43. The SMILES string of the molecule is Cc1cc(-c2c(O)cccc2O)c(O)c(C)c1C. The zero-order chi connectivity index (χ0) is 13.4. The minimum atomic E-state index is -0.0482. The minimum absolute atomic E-state index is 0.0482. The Morgan fingerprint density at radius 1 is 0.833 bits per heavy atom. The average molecular weight is 244 g/mol. The highest BCUT2D eigenvalue weighted by atomic mass is 16.3. The van der Waals surface area contributed by atoms with Crippen molar-refractivity contribution < 1.29 is 15.3 Å². The smallest absolute Gasteiger partial charge is 0.127 e. The number of hydrogen-bond donors (Lipinski definition) is 3. The summed E-state index contributed by atoms with van der Waals surface area (Å²) in [6.07, 6.45) is 0. The van der Waals surface area contributed by atoms with Crippen LogP contribution < -0.4 is 0 Å². The topological polar surface area (TPSA) is 60.7 Å². The molecular formula is C15H16O3. The lowest BCUT2D eigenvalue weighted by Crippen LogP contribution is -1.91. The number of rotatable bonds is 1. The number of aryl methyl sites for hydroxylation is 1. The van der Waals surface area contributed by atoms with E-state index < -0.39 is 0 Å². The van der Waals surface area contributed by atoms with Gasteiger partial charge in [0.2, 0.25) is 0 Å². The van der Waals surface area contributed by atoms with E-state index in [1.54, 1.807) is 12.1 Å². The Kier molecular flexibility index (Phi) is 2.91. The first kappa shape index (κ1) is 12.3. The average Bonchev–Trinajstić information content (AvgIpc) is 2.32. The van der Waals surface area contributed by atoms with E-state index in [-0.39, 0.29) is 22.8 Å². The molecule has 0 atom stereocenters. The quantitative estimate of drug-likeness (QED) is 0.720. The molecule has 0 unspecified atom stereocenters. The van der Waals surface area contributed by atoms with Crippen LogP contribution in [0.25, 0.3) is 11.1 Å². The number of benzene rings is 2. The van der Waals surface area contributed by atoms with Gasteiger partial charge < -0.3 is 15.3 Å². The molecule has 2 aromatic rings. The van der Waals surface area contributed by atoms with Crippen molar-refractivity contribution in [2.24, 2.45) is 0 Å². The fourth-order valence-corrected chi connectivity index (χ4v) is 2.06. The number of phenolic OH excluding ortho intramolecular Hbond substituents is 3. The minimum Gasteiger partial charge on any atom is -0.507 e. The fraction of sp³-hybridized carbons (Fsp3) is 0.200. The lowest BCUT2D eigenvalue weighted by Gasteiger charge is -2.14. The van der Waals surface area contributed by atoms with Gasteiger partial charge in [0.15, 0.2) is 0 Å². The van der Waals surface area contributed by atoms with Crippen molar-refractivity contribution in [1.29, 1.82) is 0 Å². The van der Waals surface area contributed by atoms with Crippen molar-refractivity contribution in [3.8, 4) is 28.4 Å². The van der Waals surface area contributed by atoms with Gasteiger partial charge in [-0.25, -0.2) is 0 Å². The summed E-state index contributed by atoms with van der Waals surface area (Å²) in [6, 6.07) is 6.30. The summed E-state index contributed by atoms with van der Waals surface area (Å²) in [5.41, 5.74) is 3.48. The Hall–Kier alpha value is -2.16. The summed E-state index contributed by atoms with van der Waals surface area (Å²) in [6.45, 7) is 5.68. The van der Waals surface area contributed by atoms with Crippen molar-refractivity contribution in [2.45, 2.75) is 20.8 Å². The van der Waals surface area contributed by atoms with Crippen molar-refractivity contribution in [3.05, 3.63) is 41.0 Å². The van der Waals surface area contributed by atoms with Gasteiger partial charge in [-0.3, -0.25) is 0 Å². The Morgan fingerprint density at radius 3 is 1.94 bits per heavy atom. The standard InChI is InChI=1S/C15H16O3/c1-8-7-11(15(18)10(3)9(8)2)14-12(16)5-4-6-13(14)17/h4-7,16-18H,1-3H3. The maximum absolute atomic E-state index is 10.2. The van der Waals surface area contributed by atoms with Crippen molar-refractivity contribution >= 4 is 0 Å². The summed E-state index contributed by atoms with van der Waals surface area (Å²) in [5, 5.41) is 29.9. The molecule has 0 saturated heterocycles. The predicted octanol–water partition coefficient (Wildman–Crippen LogP) is 3.40. The van der Waals surface area contributed by atoms with Crippen LogP contribution in [-0.4, -0.2) is 15.3 Å². The van der Waals surface area contributed by atoms with E-state index in [2.05, 4.69) is 0 Å². The van der Waals surface area contributed by atoms with Crippen LogP contribution in [0.5, 0.6) is 17.2 Å². The van der Waals surface area contributed by atoms with Gasteiger partial charge in [-0.05, 0) is 55.7 Å². The Labute approximate surface area is 106 Å². The summed E-state index contributed by atoms with van der Waals surface area (Å²) < 4.78 is 0. The van der Waals surface area contributed by atoms with Gasteiger partial charge in [0.05, 0.1) is 5.56 Å². The van der Waals surface area contributed by atoms with Crippen LogP contribution in [0, 0.1) is 20.8 Å². The summed E-state index contributed by atoms with van der Waals surface area (Å²) in [5.74, 6) is -0.00388. The molecule has 0 spiro atoms. The van der Waals surface area contributed by atoms with Crippen molar-refractivity contribution in [3.63, 3.8) is 0 Å². The van der Waals surface area contributed by atoms with Gasteiger partial charge in [-0.2, -0.15) is 0 Å². The number of hydrogen-bond acceptors (Lipinski definition) is 3. The molecule has 94 valence electrons. The monoisotopic (exact) mass is 244 g/mol. The molecule has 3 nitrogen and oxygen atoms in total. The molecule has 3 N–H and O–H groups in total. The molecule has 0 aliphatic rings. The molecule has 0 amide bonds.